The lowest BCUT2D eigenvalue weighted by Crippen LogP contribution is -2.12. The second-order valence-corrected chi connectivity index (χ2v) is 4.55. The summed E-state index contributed by atoms with van der Waals surface area (Å²) in [6, 6.07) is 13.4. The molecule has 0 aliphatic rings. The van der Waals surface area contributed by atoms with E-state index in [9.17, 15) is 4.79 Å². The lowest BCUT2D eigenvalue weighted by atomic mass is 10.2. The highest BCUT2D eigenvalue weighted by Crippen LogP contribution is 2.22. The summed E-state index contributed by atoms with van der Waals surface area (Å²) in [4.78, 5) is 12.0. The van der Waals surface area contributed by atoms with Crippen molar-refractivity contribution >= 4 is 34.8 Å². The molecule has 2 aromatic rings. The molecule has 1 N–H and O–H groups in total. The van der Waals surface area contributed by atoms with Gasteiger partial charge in [-0.2, -0.15) is 5.26 Å². The number of amides is 1. The van der Waals surface area contributed by atoms with Gasteiger partial charge in [0.05, 0.1) is 21.2 Å². The Morgan fingerprint density at radius 1 is 1.11 bits per heavy atom. The second-order valence-electron chi connectivity index (χ2n) is 3.74. The van der Waals surface area contributed by atoms with Gasteiger partial charge in [0.15, 0.2) is 0 Å². The maximum absolute atomic E-state index is 12.0. The number of halogens is 2. The second kappa shape index (κ2) is 5.75. The van der Waals surface area contributed by atoms with E-state index in [4.69, 9.17) is 28.5 Å². The van der Waals surface area contributed by atoms with Gasteiger partial charge in [0, 0.05) is 5.69 Å². The van der Waals surface area contributed by atoms with Crippen molar-refractivity contribution in [1.29, 1.82) is 5.26 Å². The van der Waals surface area contributed by atoms with E-state index < -0.39 is 0 Å². The minimum absolute atomic E-state index is 0.291. The summed E-state index contributed by atoms with van der Waals surface area (Å²) in [5.74, 6) is -0.327. The van der Waals surface area contributed by atoms with E-state index in [1.165, 1.54) is 6.07 Å². The number of hydrogen-bond donors (Lipinski definition) is 1. The highest BCUT2D eigenvalue weighted by atomic mass is 35.5. The van der Waals surface area contributed by atoms with Crippen molar-refractivity contribution in [3.63, 3.8) is 0 Å². The Hall–Kier alpha value is -2.02. The van der Waals surface area contributed by atoms with Gasteiger partial charge in [-0.25, -0.2) is 0 Å². The zero-order valence-corrected chi connectivity index (χ0v) is 11.2. The zero-order valence-electron chi connectivity index (χ0n) is 9.65. The number of hydrogen-bond acceptors (Lipinski definition) is 2. The summed E-state index contributed by atoms with van der Waals surface area (Å²) in [5, 5.41) is 12.1. The molecule has 0 fully saturated rings. The highest BCUT2D eigenvalue weighted by Gasteiger charge is 2.10. The third kappa shape index (κ3) is 3.05. The van der Waals surface area contributed by atoms with Gasteiger partial charge in [0.1, 0.15) is 6.07 Å². The minimum atomic E-state index is -0.327. The largest absolute Gasteiger partial charge is 0.322 e. The Morgan fingerprint density at radius 2 is 1.84 bits per heavy atom. The first kappa shape index (κ1) is 13.4. The van der Waals surface area contributed by atoms with E-state index in [0.717, 1.165) is 0 Å². The average molecular weight is 291 g/mol. The van der Waals surface area contributed by atoms with Crippen LogP contribution in [0.3, 0.4) is 0 Å². The van der Waals surface area contributed by atoms with Crippen molar-refractivity contribution in [3.8, 4) is 6.07 Å². The predicted molar refractivity (Wildman–Crippen MR) is 75.6 cm³/mol. The smallest absolute Gasteiger partial charge is 0.257 e. The maximum Gasteiger partial charge on any atom is 0.257 e. The Labute approximate surface area is 120 Å². The van der Waals surface area contributed by atoms with Crippen LogP contribution in [-0.2, 0) is 0 Å². The first-order chi connectivity index (χ1) is 9.11. The van der Waals surface area contributed by atoms with Crippen LogP contribution >= 0.6 is 23.2 Å². The van der Waals surface area contributed by atoms with Gasteiger partial charge >= 0.3 is 0 Å². The summed E-state index contributed by atoms with van der Waals surface area (Å²) in [5.41, 5.74) is 1.25. The normalized spacial score (nSPS) is 9.74. The molecule has 0 unspecified atom stereocenters. The minimum Gasteiger partial charge on any atom is -0.322 e. The average Bonchev–Trinajstić information content (AvgIpc) is 2.39. The quantitative estimate of drug-likeness (QED) is 0.905. The molecule has 0 aromatic heterocycles. The molecule has 2 rings (SSSR count). The van der Waals surface area contributed by atoms with E-state index in [1.807, 2.05) is 6.07 Å². The highest BCUT2D eigenvalue weighted by molar-refractivity contribution is 6.34. The first-order valence-corrected chi connectivity index (χ1v) is 6.13. The molecule has 0 saturated heterocycles. The standard InChI is InChI=1S/C14H8Cl2N2O/c15-12-4-2-1-3-11(12)14(19)18-10-6-5-9(8-17)13(16)7-10/h1-7H,(H,18,19). The van der Waals surface area contributed by atoms with E-state index in [2.05, 4.69) is 5.32 Å². The number of rotatable bonds is 2. The van der Waals surface area contributed by atoms with Crippen LogP contribution in [0.1, 0.15) is 15.9 Å². The Balaban J connectivity index is 2.23. The van der Waals surface area contributed by atoms with Crippen LogP contribution in [0.25, 0.3) is 0 Å². The van der Waals surface area contributed by atoms with Gasteiger partial charge in [-0.15, -0.1) is 0 Å². The molecule has 94 valence electrons. The van der Waals surface area contributed by atoms with E-state index in [1.54, 1.807) is 36.4 Å². The molecular weight excluding hydrogens is 283 g/mol. The molecule has 0 aliphatic heterocycles. The van der Waals surface area contributed by atoms with Gasteiger partial charge in [-0.3, -0.25) is 4.79 Å². The Bertz CT molecular complexity index is 677. The van der Waals surface area contributed by atoms with E-state index >= 15 is 0 Å². The molecule has 19 heavy (non-hydrogen) atoms. The van der Waals surface area contributed by atoms with Crippen LogP contribution in [0.2, 0.25) is 10.0 Å². The molecule has 0 bridgehead atoms. The molecule has 2 aromatic carbocycles. The molecule has 0 saturated carbocycles. The summed E-state index contributed by atoms with van der Waals surface area (Å²) < 4.78 is 0. The summed E-state index contributed by atoms with van der Waals surface area (Å²) in [6.07, 6.45) is 0. The number of carbonyl (C=O) groups is 1. The molecule has 0 spiro atoms. The number of anilines is 1. The molecule has 5 heteroatoms. The molecule has 1 amide bonds. The SMILES string of the molecule is N#Cc1ccc(NC(=O)c2ccccc2Cl)cc1Cl. The van der Waals surface area contributed by atoms with Crippen LogP contribution in [0.5, 0.6) is 0 Å². The number of nitrogens with zero attached hydrogens (tertiary/aromatic N) is 1. The lowest BCUT2D eigenvalue weighted by Gasteiger charge is -2.07. The molecular formula is C14H8Cl2N2O. The van der Waals surface area contributed by atoms with Crippen LogP contribution in [0.4, 0.5) is 5.69 Å². The summed E-state index contributed by atoms with van der Waals surface area (Å²) in [7, 11) is 0. The molecule has 0 atom stereocenters. The van der Waals surface area contributed by atoms with Gasteiger partial charge in [0.2, 0.25) is 0 Å². The van der Waals surface area contributed by atoms with Crippen LogP contribution in [0.15, 0.2) is 42.5 Å². The monoisotopic (exact) mass is 290 g/mol. The van der Waals surface area contributed by atoms with Crippen molar-refractivity contribution in [2.45, 2.75) is 0 Å². The fourth-order valence-electron chi connectivity index (χ4n) is 1.53. The van der Waals surface area contributed by atoms with Gasteiger partial charge in [0.25, 0.3) is 5.91 Å². The Morgan fingerprint density at radius 3 is 2.47 bits per heavy atom. The lowest BCUT2D eigenvalue weighted by molar-refractivity contribution is 0.102. The molecule has 0 aliphatic carbocycles. The fourth-order valence-corrected chi connectivity index (χ4v) is 1.97. The van der Waals surface area contributed by atoms with Gasteiger partial charge < -0.3 is 5.32 Å². The third-order valence-corrected chi connectivity index (χ3v) is 3.11. The van der Waals surface area contributed by atoms with Crippen molar-refractivity contribution in [2.75, 3.05) is 5.32 Å². The number of nitriles is 1. The van der Waals surface area contributed by atoms with Crippen LogP contribution in [0, 0.1) is 11.3 Å². The van der Waals surface area contributed by atoms with Crippen molar-refractivity contribution in [3.05, 3.63) is 63.6 Å². The van der Waals surface area contributed by atoms with E-state index in [0.29, 0.717) is 26.9 Å². The molecule has 0 radical (unpaired) electrons. The third-order valence-electron chi connectivity index (χ3n) is 2.47. The molecule has 0 heterocycles. The first-order valence-electron chi connectivity index (χ1n) is 5.37. The topological polar surface area (TPSA) is 52.9 Å². The predicted octanol–water partition coefficient (Wildman–Crippen LogP) is 4.12. The summed E-state index contributed by atoms with van der Waals surface area (Å²) in [6.45, 7) is 0. The van der Waals surface area contributed by atoms with E-state index in [-0.39, 0.29) is 5.91 Å². The van der Waals surface area contributed by atoms with Gasteiger partial charge in [-0.05, 0) is 30.3 Å². The number of carbonyl (C=O) groups excluding carboxylic acids is 1. The molecule has 3 nitrogen and oxygen atoms in total. The van der Waals surface area contributed by atoms with Crippen molar-refractivity contribution in [1.82, 2.24) is 0 Å². The number of benzene rings is 2. The van der Waals surface area contributed by atoms with Crippen molar-refractivity contribution < 1.29 is 4.79 Å². The van der Waals surface area contributed by atoms with Crippen LogP contribution < -0.4 is 5.32 Å². The zero-order chi connectivity index (χ0) is 13.8. The van der Waals surface area contributed by atoms with Gasteiger partial charge in [-0.1, -0.05) is 35.3 Å². The maximum atomic E-state index is 12.0. The summed E-state index contributed by atoms with van der Waals surface area (Å²) >= 11 is 11.8. The number of nitrogens with one attached hydrogen (secondary N) is 1. The van der Waals surface area contributed by atoms with Crippen molar-refractivity contribution in [2.24, 2.45) is 0 Å². The fraction of sp³-hybridized carbons (Fsp3) is 0. The van der Waals surface area contributed by atoms with Crippen LogP contribution in [-0.4, -0.2) is 5.91 Å². The Kier molecular flexibility index (Phi) is 4.06.